The molecule has 16 heavy (non-hydrogen) atoms. The van der Waals surface area contributed by atoms with E-state index in [-0.39, 0.29) is 5.56 Å². The first kappa shape index (κ1) is 10.9. The zero-order valence-electron chi connectivity index (χ0n) is 9.22. The van der Waals surface area contributed by atoms with Gasteiger partial charge < -0.3 is 9.84 Å². The Hall–Kier alpha value is -1.58. The minimum atomic E-state index is -0.966. The lowest BCUT2D eigenvalue weighted by Crippen LogP contribution is -2.28. The lowest BCUT2D eigenvalue weighted by Gasteiger charge is -2.33. The Balaban J connectivity index is 1.87. The van der Waals surface area contributed by atoms with Gasteiger partial charge in [0.25, 0.3) is 0 Å². The summed E-state index contributed by atoms with van der Waals surface area (Å²) in [6.07, 6.45) is 3.82. The molecule has 4 nitrogen and oxygen atoms in total. The summed E-state index contributed by atoms with van der Waals surface area (Å²) < 4.78 is 5.51. The summed E-state index contributed by atoms with van der Waals surface area (Å²) in [5, 5.41) is 8.69. The molecule has 1 saturated carbocycles. The zero-order chi connectivity index (χ0) is 11.5. The van der Waals surface area contributed by atoms with E-state index >= 15 is 0 Å². The van der Waals surface area contributed by atoms with Gasteiger partial charge in [-0.05, 0) is 30.7 Å². The second-order valence-corrected chi connectivity index (χ2v) is 4.32. The fourth-order valence-electron chi connectivity index (χ4n) is 1.77. The molecule has 86 valence electrons. The van der Waals surface area contributed by atoms with Crippen LogP contribution in [0.5, 0.6) is 5.88 Å². The summed E-state index contributed by atoms with van der Waals surface area (Å²) in [6, 6.07) is 3.11. The summed E-state index contributed by atoms with van der Waals surface area (Å²) >= 11 is 0. The molecule has 4 heteroatoms. The van der Waals surface area contributed by atoms with E-state index in [0.29, 0.717) is 18.4 Å². The van der Waals surface area contributed by atoms with Crippen molar-refractivity contribution in [2.75, 3.05) is 6.61 Å². The van der Waals surface area contributed by atoms with E-state index in [1.54, 1.807) is 6.07 Å². The second-order valence-electron chi connectivity index (χ2n) is 4.32. The van der Waals surface area contributed by atoms with Crippen molar-refractivity contribution < 1.29 is 14.6 Å². The average molecular weight is 221 g/mol. The third-order valence-electron chi connectivity index (χ3n) is 3.23. The standard InChI is InChI=1S/C12H15NO3/c1-8-2-3-10(8)7-16-11-5-4-9(6-13-11)12(14)15/h4-6,8,10H,2-3,7H2,1H3,(H,14,15)/t8-,10+/m0/s1. The van der Waals surface area contributed by atoms with Gasteiger partial charge in [-0.2, -0.15) is 0 Å². The largest absolute Gasteiger partial charge is 0.478 e. The molecule has 1 aliphatic carbocycles. The molecule has 2 rings (SSSR count). The minimum Gasteiger partial charge on any atom is -0.478 e. The highest BCUT2D eigenvalue weighted by atomic mass is 16.5. The third-order valence-corrected chi connectivity index (χ3v) is 3.23. The van der Waals surface area contributed by atoms with Gasteiger partial charge in [-0.3, -0.25) is 0 Å². The van der Waals surface area contributed by atoms with Gasteiger partial charge in [0.15, 0.2) is 0 Å². The molecule has 0 radical (unpaired) electrons. The maximum Gasteiger partial charge on any atom is 0.337 e. The van der Waals surface area contributed by atoms with Crippen molar-refractivity contribution in [3.8, 4) is 5.88 Å². The van der Waals surface area contributed by atoms with Crippen LogP contribution in [0, 0.1) is 11.8 Å². The van der Waals surface area contributed by atoms with Crippen LogP contribution in [0.15, 0.2) is 18.3 Å². The number of hydrogen-bond acceptors (Lipinski definition) is 3. The Morgan fingerprint density at radius 2 is 2.38 bits per heavy atom. The number of carboxylic acid groups (broad SMARTS) is 1. The van der Waals surface area contributed by atoms with Crippen LogP contribution in [0.4, 0.5) is 0 Å². The molecule has 1 heterocycles. The Bertz CT molecular complexity index is 374. The molecule has 0 aliphatic heterocycles. The molecule has 1 aromatic rings. The van der Waals surface area contributed by atoms with Crippen molar-refractivity contribution >= 4 is 5.97 Å². The van der Waals surface area contributed by atoms with E-state index < -0.39 is 5.97 Å². The summed E-state index contributed by atoms with van der Waals surface area (Å²) in [4.78, 5) is 14.5. The number of pyridine rings is 1. The van der Waals surface area contributed by atoms with Gasteiger partial charge in [-0.1, -0.05) is 6.92 Å². The molecule has 0 bridgehead atoms. The van der Waals surface area contributed by atoms with Crippen molar-refractivity contribution in [1.29, 1.82) is 0 Å². The maximum absolute atomic E-state index is 10.6. The average Bonchev–Trinajstić information content (AvgIpc) is 2.28. The predicted octanol–water partition coefficient (Wildman–Crippen LogP) is 2.20. The van der Waals surface area contributed by atoms with Crippen molar-refractivity contribution in [2.45, 2.75) is 19.8 Å². The lowest BCUT2D eigenvalue weighted by atomic mass is 9.75. The van der Waals surface area contributed by atoms with Crippen LogP contribution in [-0.2, 0) is 0 Å². The number of carbonyl (C=O) groups is 1. The van der Waals surface area contributed by atoms with Crippen LogP contribution in [0.25, 0.3) is 0 Å². The topological polar surface area (TPSA) is 59.4 Å². The molecule has 1 aromatic heterocycles. The molecule has 0 saturated heterocycles. The van der Waals surface area contributed by atoms with Crippen LogP contribution < -0.4 is 4.74 Å². The third kappa shape index (κ3) is 2.32. The Morgan fingerprint density at radius 1 is 1.56 bits per heavy atom. The quantitative estimate of drug-likeness (QED) is 0.846. The summed E-state index contributed by atoms with van der Waals surface area (Å²) in [5.74, 6) is 0.898. The molecule has 1 aliphatic rings. The monoisotopic (exact) mass is 221 g/mol. The second kappa shape index (κ2) is 4.51. The van der Waals surface area contributed by atoms with E-state index in [1.807, 2.05) is 0 Å². The normalized spacial score (nSPS) is 23.6. The van der Waals surface area contributed by atoms with Crippen molar-refractivity contribution in [3.63, 3.8) is 0 Å². The summed E-state index contributed by atoms with van der Waals surface area (Å²) in [6.45, 7) is 2.90. The first-order chi connectivity index (χ1) is 7.66. The first-order valence-corrected chi connectivity index (χ1v) is 5.49. The van der Waals surface area contributed by atoms with E-state index in [0.717, 1.165) is 5.92 Å². The van der Waals surface area contributed by atoms with Gasteiger partial charge in [0.1, 0.15) is 0 Å². The molecule has 1 N–H and O–H groups in total. The molecule has 0 spiro atoms. The Labute approximate surface area is 94.3 Å². The van der Waals surface area contributed by atoms with Gasteiger partial charge in [0.05, 0.1) is 12.2 Å². The SMILES string of the molecule is C[C@H]1CC[C@@H]1COc1ccc(C(=O)O)cn1. The van der Waals surface area contributed by atoms with Gasteiger partial charge in [0.2, 0.25) is 5.88 Å². The lowest BCUT2D eigenvalue weighted by molar-refractivity contribution is 0.0696. The smallest absolute Gasteiger partial charge is 0.337 e. The molecule has 2 atom stereocenters. The van der Waals surface area contributed by atoms with Gasteiger partial charge in [-0.15, -0.1) is 0 Å². The molecule has 1 fully saturated rings. The molecule has 0 unspecified atom stereocenters. The fraction of sp³-hybridized carbons (Fsp3) is 0.500. The van der Waals surface area contributed by atoms with Crippen molar-refractivity contribution in [1.82, 2.24) is 4.98 Å². The van der Waals surface area contributed by atoms with Gasteiger partial charge in [-0.25, -0.2) is 9.78 Å². The number of aromatic carboxylic acids is 1. The molecule has 0 amide bonds. The number of hydrogen-bond donors (Lipinski definition) is 1. The van der Waals surface area contributed by atoms with Crippen LogP contribution in [0.2, 0.25) is 0 Å². The molecule has 0 aromatic carbocycles. The highest BCUT2D eigenvalue weighted by Gasteiger charge is 2.27. The molecular formula is C12H15NO3. The van der Waals surface area contributed by atoms with Gasteiger partial charge in [0, 0.05) is 12.3 Å². The summed E-state index contributed by atoms with van der Waals surface area (Å²) in [5.41, 5.74) is 0.185. The Morgan fingerprint density at radius 3 is 2.81 bits per heavy atom. The number of carboxylic acids is 1. The highest BCUT2D eigenvalue weighted by molar-refractivity contribution is 5.87. The number of nitrogens with zero attached hydrogens (tertiary/aromatic N) is 1. The van der Waals surface area contributed by atoms with E-state index in [1.165, 1.54) is 25.1 Å². The first-order valence-electron chi connectivity index (χ1n) is 5.49. The Kier molecular flexibility index (Phi) is 3.08. The van der Waals surface area contributed by atoms with Crippen LogP contribution >= 0.6 is 0 Å². The van der Waals surface area contributed by atoms with Crippen LogP contribution in [0.1, 0.15) is 30.1 Å². The van der Waals surface area contributed by atoms with Gasteiger partial charge >= 0.3 is 5.97 Å². The van der Waals surface area contributed by atoms with Crippen molar-refractivity contribution in [3.05, 3.63) is 23.9 Å². The number of rotatable bonds is 4. The van der Waals surface area contributed by atoms with Crippen LogP contribution in [0.3, 0.4) is 0 Å². The predicted molar refractivity (Wildman–Crippen MR) is 58.6 cm³/mol. The van der Waals surface area contributed by atoms with E-state index in [9.17, 15) is 4.79 Å². The minimum absolute atomic E-state index is 0.185. The summed E-state index contributed by atoms with van der Waals surface area (Å²) in [7, 11) is 0. The molecular weight excluding hydrogens is 206 g/mol. The number of ether oxygens (including phenoxy) is 1. The van der Waals surface area contributed by atoms with E-state index in [4.69, 9.17) is 9.84 Å². The van der Waals surface area contributed by atoms with E-state index in [2.05, 4.69) is 11.9 Å². The zero-order valence-corrected chi connectivity index (χ0v) is 9.22. The van der Waals surface area contributed by atoms with Crippen molar-refractivity contribution in [2.24, 2.45) is 11.8 Å². The number of aromatic nitrogens is 1. The highest BCUT2D eigenvalue weighted by Crippen LogP contribution is 2.33. The fourth-order valence-corrected chi connectivity index (χ4v) is 1.77. The van der Waals surface area contributed by atoms with Crippen LogP contribution in [-0.4, -0.2) is 22.7 Å². The maximum atomic E-state index is 10.6.